The van der Waals surface area contributed by atoms with Crippen LogP contribution in [-0.4, -0.2) is 44.7 Å². The number of hydrogen-bond acceptors (Lipinski definition) is 3. The topological polar surface area (TPSA) is 55.6 Å². The minimum absolute atomic E-state index is 0.206. The first kappa shape index (κ1) is 15.4. The summed E-state index contributed by atoms with van der Waals surface area (Å²) in [5.41, 5.74) is 5.41. The quantitative estimate of drug-likeness (QED) is 0.606. The summed E-state index contributed by atoms with van der Waals surface area (Å²) in [6.07, 6.45) is 3.75. The molecule has 0 aliphatic carbocycles. The molecule has 0 spiro atoms. The van der Waals surface area contributed by atoms with Gasteiger partial charge >= 0.3 is 0 Å². The molecular weight excluding hydrogens is 204 g/mol. The van der Waals surface area contributed by atoms with Gasteiger partial charge in [-0.1, -0.05) is 13.3 Å². The summed E-state index contributed by atoms with van der Waals surface area (Å²) in [7, 11) is 3.53. The van der Waals surface area contributed by atoms with E-state index < -0.39 is 0 Å². The highest BCUT2D eigenvalue weighted by atomic mass is 16.5. The van der Waals surface area contributed by atoms with E-state index >= 15 is 0 Å². The number of unbranched alkanes of at least 4 members (excludes halogenated alkanes) is 2. The van der Waals surface area contributed by atoms with Crippen LogP contribution < -0.4 is 5.73 Å². The van der Waals surface area contributed by atoms with Crippen molar-refractivity contribution in [3.63, 3.8) is 0 Å². The van der Waals surface area contributed by atoms with Gasteiger partial charge in [-0.05, 0) is 25.3 Å². The Hall–Kier alpha value is -0.610. The fourth-order valence-electron chi connectivity index (χ4n) is 1.59. The molecule has 4 heteroatoms. The summed E-state index contributed by atoms with van der Waals surface area (Å²) in [5, 5.41) is 0. The monoisotopic (exact) mass is 230 g/mol. The van der Waals surface area contributed by atoms with Gasteiger partial charge in [0.2, 0.25) is 5.91 Å². The van der Waals surface area contributed by atoms with Gasteiger partial charge in [0, 0.05) is 33.7 Å². The smallest absolute Gasteiger partial charge is 0.222 e. The van der Waals surface area contributed by atoms with Crippen molar-refractivity contribution in [3.05, 3.63) is 0 Å². The van der Waals surface area contributed by atoms with E-state index in [-0.39, 0.29) is 5.91 Å². The van der Waals surface area contributed by atoms with Crippen LogP contribution in [0.1, 0.15) is 32.6 Å². The molecule has 0 rings (SSSR count). The molecule has 0 aromatic rings. The molecule has 0 aliphatic heterocycles. The maximum atomic E-state index is 11.7. The fraction of sp³-hybridized carbons (Fsp3) is 0.917. The van der Waals surface area contributed by atoms with E-state index in [1.807, 2.05) is 18.9 Å². The Morgan fingerprint density at radius 3 is 2.62 bits per heavy atom. The first-order valence-corrected chi connectivity index (χ1v) is 6.04. The number of hydrogen-bond donors (Lipinski definition) is 1. The minimum Gasteiger partial charge on any atom is -0.384 e. The lowest BCUT2D eigenvalue weighted by molar-refractivity contribution is -0.131. The number of methoxy groups -OCH3 is 1. The number of ether oxygens (including phenoxy) is 1. The Labute approximate surface area is 99.1 Å². The van der Waals surface area contributed by atoms with Gasteiger partial charge in [0.25, 0.3) is 0 Å². The van der Waals surface area contributed by atoms with Crippen LogP contribution in [0.2, 0.25) is 0 Å². The second-order valence-electron chi connectivity index (χ2n) is 4.43. The molecule has 0 heterocycles. The summed E-state index contributed by atoms with van der Waals surface area (Å²) in [4.78, 5) is 13.5. The highest BCUT2D eigenvalue weighted by Crippen LogP contribution is 2.06. The Morgan fingerprint density at radius 1 is 1.38 bits per heavy atom. The minimum atomic E-state index is 0.206. The zero-order valence-electron chi connectivity index (χ0n) is 10.9. The van der Waals surface area contributed by atoms with Crippen molar-refractivity contribution in [2.45, 2.75) is 32.6 Å². The van der Waals surface area contributed by atoms with Gasteiger partial charge < -0.3 is 15.4 Å². The fourth-order valence-corrected chi connectivity index (χ4v) is 1.59. The third-order valence-corrected chi connectivity index (χ3v) is 2.60. The van der Waals surface area contributed by atoms with E-state index in [4.69, 9.17) is 10.5 Å². The molecule has 0 aliphatic rings. The van der Waals surface area contributed by atoms with Gasteiger partial charge in [0.1, 0.15) is 0 Å². The standard InChI is InChI=1S/C12H26N2O2/c1-11(10-16-3)9-12(15)14(2)8-6-4-5-7-13/h11H,4-10,13H2,1-3H3. The van der Waals surface area contributed by atoms with Crippen molar-refractivity contribution >= 4 is 5.91 Å². The molecular formula is C12H26N2O2. The molecule has 0 bridgehead atoms. The zero-order valence-corrected chi connectivity index (χ0v) is 10.9. The summed E-state index contributed by atoms with van der Waals surface area (Å²) >= 11 is 0. The highest BCUT2D eigenvalue weighted by Gasteiger charge is 2.12. The molecule has 96 valence electrons. The molecule has 4 nitrogen and oxygen atoms in total. The van der Waals surface area contributed by atoms with E-state index in [1.54, 1.807) is 7.11 Å². The first-order chi connectivity index (χ1) is 7.61. The number of carbonyl (C=O) groups excluding carboxylic acids is 1. The number of nitrogens with zero attached hydrogens (tertiary/aromatic N) is 1. The molecule has 0 radical (unpaired) electrons. The van der Waals surface area contributed by atoms with E-state index in [0.717, 1.165) is 32.4 Å². The maximum Gasteiger partial charge on any atom is 0.222 e. The molecule has 1 unspecified atom stereocenters. The van der Waals surface area contributed by atoms with Crippen molar-refractivity contribution in [2.24, 2.45) is 11.7 Å². The summed E-state index contributed by atoms with van der Waals surface area (Å²) < 4.78 is 5.01. The van der Waals surface area contributed by atoms with E-state index in [2.05, 4.69) is 0 Å². The largest absolute Gasteiger partial charge is 0.384 e. The van der Waals surface area contributed by atoms with Gasteiger partial charge in [-0.15, -0.1) is 0 Å². The molecule has 0 fully saturated rings. The maximum absolute atomic E-state index is 11.7. The third kappa shape index (κ3) is 7.65. The van der Waals surface area contributed by atoms with Gasteiger partial charge in [-0.25, -0.2) is 0 Å². The van der Waals surface area contributed by atoms with Crippen molar-refractivity contribution in [3.8, 4) is 0 Å². The lowest BCUT2D eigenvalue weighted by Gasteiger charge is -2.19. The molecule has 0 aromatic heterocycles. The van der Waals surface area contributed by atoms with Crippen molar-refractivity contribution < 1.29 is 9.53 Å². The summed E-state index contributed by atoms with van der Waals surface area (Å²) in [6, 6.07) is 0. The number of rotatable bonds is 9. The number of carbonyl (C=O) groups is 1. The molecule has 0 saturated carbocycles. The van der Waals surface area contributed by atoms with E-state index in [9.17, 15) is 4.79 Å². The molecule has 1 amide bonds. The van der Waals surface area contributed by atoms with Gasteiger partial charge in [-0.2, -0.15) is 0 Å². The Morgan fingerprint density at radius 2 is 2.06 bits per heavy atom. The van der Waals surface area contributed by atoms with Crippen LogP contribution in [0.3, 0.4) is 0 Å². The molecule has 0 aromatic carbocycles. The van der Waals surface area contributed by atoms with Crippen molar-refractivity contribution in [1.82, 2.24) is 4.90 Å². The SMILES string of the molecule is COCC(C)CC(=O)N(C)CCCCCN. The van der Waals surface area contributed by atoms with Crippen LogP contribution in [0.5, 0.6) is 0 Å². The second kappa shape index (κ2) is 9.60. The summed E-state index contributed by atoms with van der Waals surface area (Å²) in [5.74, 6) is 0.501. The number of amides is 1. The summed E-state index contributed by atoms with van der Waals surface area (Å²) in [6.45, 7) is 4.25. The van der Waals surface area contributed by atoms with Crippen LogP contribution in [0, 0.1) is 5.92 Å². The third-order valence-electron chi connectivity index (χ3n) is 2.60. The van der Waals surface area contributed by atoms with Gasteiger partial charge in [0.05, 0.1) is 0 Å². The predicted octanol–water partition coefficient (Wildman–Crippen LogP) is 1.25. The molecule has 0 saturated heterocycles. The van der Waals surface area contributed by atoms with E-state index in [1.165, 1.54) is 0 Å². The van der Waals surface area contributed by atoms with E-state index in [0.29, 0.717) is 18.9 Å². The number of nitrogens with two attached hydrogens (primary N) is 1. The Bertz CT molecular complexity index is 186. The zero-order chi connectivity index (χ0) is 12.4. The van der Waals surface area contributed by atoms with Gasteiger partial charge in [-0.3, -0.25) is 4.79 Å². The van der Waals surface area contributed by atoms with Crippen LogP contribution in [0.25, 0.3) is 0 Å². The molecule has 1 atom stereocenters. The van der Waals surface area contributed by atoms with Crippen LogP contribution >= 0.6 is 0 Å². The lowest BCUT2D eigenvalue weighted by Crippen LogP contribution is -2.29. The normalized spacial score (nSPS) is 12.5. The van der Waals surface area contributed by atoms with Crippen LogP contribution in [-0.2, 0) is 9.53 Å². The molecule has 2 N–H and O–H groups in total. The average Bonchev–Trinajstić information content (AvgIpc) is 2.24. The van der Waals surface area contributed by atoms with Crippen LogP contribution in [0.15, 0.2) is 0 Å². The van der Waals surface area contributed by atoms with Crippen molar-refractivity contribution in [2.75, 3.05) is 33.9 Å². The predicted molar refractivity (Wildman–Crippen MR) is 66.2 cm³/mol. The second-order valence-corrected chi connectivity index (χ2v) is 4.43. The lowest BCUT2D eigenvalue weighted by atomic mass is 10.1. The van der Waals surface area contributed by atoms with Gasteiger partial charge in [0.15, 0.2) is 0 Å². The average molecular weight is 230 g/mol. The first-order valence-electron chi connectivity index (χ1n) is 6.04. The van der Waals surface area contributed by atoms with Crippen LogP contribution in [0.4, 0.5) is 0 Å². The van der Waals surface area contributed by atoms with Crippen molar-refractivity contribution in [1.29, 1.82) is 0 Å². The molecule has 16 heavy (non-hydrogen) atoms. The Kier molecular flexibility index (Phi) is 9.24. The Balaban J connectivity index is 3.64. The highest BCUT2D eigenvalue weighted by molar-refractivity contribution is 5.76.